The average molecular weight is 242 g/mol. The van der Waals surface area contributed by atoms with Gasteiger partial charge in [0.1, 0.15) is 11.6 Å². The lowest BCUT2D eigenvalue weighted by Crippen LogP contribution is -1.89. The van der Waals surface area contributed by atoms with Gasteiger partial charge in [0.05, 0.1) is 0 Å². The molecule has 0 fully saturated rings. The van der Waals surface area contributed by atoms with Gasteiger partial charge in [-0.1, -0.05) is 23.9 Å². The first-order valence-electron chi connectivity index (χ1n) is 4.76. The van der Waals surface area contributed by atoms with E-state index in [2.05, 4.69) is 0 Å². The second-order valence-corrected chi connectivity index (χ2v) is 4.52. The summed E-state index contributed by atoms with van der Waals surface area (Å²) in [6, 6.07) is 2.31. The fraction of sp³-hybridized carbons (Fsp3) is 0.250. The zero-order valence-electron chi connectivity index (χ0n) is 9.09. The van der Waals surface area contributed by atoms with Crippen LogP contribution in [0.15, 0.2) is 18.2 Å². The summed E-state index contributed by atoms with van der Waals surface area (Å²) < 4.78 is 26.2. The van der Waals surface area contributed by atoms with Crippen LogP contribution in [-0.2, 0) is 4.79 Å². The van der Waals surface area contributed by atoms with Crippen LogP contribution in [0.2, 0.25) is 0 Å². The lowest BCUT2D eigenvalue weighted by atomic mass is 10.1. The third-order valence-corrected chi connectivity index (χ3v) is 2.72. The molecule has 0 unspecified atom stereocenters. The molecule has 1 aromatic rings. The Morgan fingerprint density at radius 2 is 2.06 bits per heavy atom. The molecule has 1 nitrogen and oxygen atoms in total. The molecule has 4 heteroatoms. The highest BCUT2D eigenvalue weighted by Gasteiger charge is 2.04. The Morgan fingerprint density at radius 3 is 2.69 bits per heavy atom. The molecule has 0 atom stereocenters. The SMILES string of the molecule is CC(=O)SCC=Cc1cc(C)c(F)cc1F. The van der Waals surface area contributed by atoms with E-state index in [1.165, 1.54) is 13.0 Å². The minimum atomic E-state index is -0.591. The van der Waals surface area contributed by atoms with E-state index >= 15 is 0 Å². The number of carbonyl (C=O) groups is 1. The first-order valence-corrected chi connectivity index (χ1v) is 5.75. The molecule has 0 saturated carbocycles. The third-order valence-electron chi connectivity index (χ3n) is 1.96. The highest BCUT2D eigenvalue weighted by molar-refractivity contribution is 8.13. The largest absolute Gasteiger partial charge is 0.288 e. The maximum absolute atomic E-state index is 13.3. The average Bonchev–Trinajstić information content (AvgIpc) is 2.19. The van der Waals surface area contributed by atoms with Crippen molar-refractivity contribution < 1.29 is 13.6 Å². The van der Waals surface area contributed by atoms with E-state index in [1.807, 2.05) is 0 Å². The van der Waals surface area contributed by atoms with Gasteiger partial charge in [-0.15, -0.1) is 0 Å². The van der Waals surface area contributed by atoms with Gasteiger partial charge in [0, 0.05) is 24.3 Å². The van der Waals surface area contributed by atoms with Crippen molar-refractivity contribution in [2.24, 2.45) is 0 Å². The van der Waals surface area contributed by atoms with Crippen molar-refractivity contribution in [3.63, 3.8) is 0 Å². The maximum Gasteiger partial charge on any atom is 0.186 e. The minimum absolute atomic E-state index is 0.0143. The van der Waals surface area contributed by atoms with Gasteiger partial charge in [0.25, 0.3) is 0 Å². The fourth-order valence-electron chi connectivity index (χ4n) is 1.15. The van der Waals surface area contributed by atoms with Gasteiger partial charge in [0.15, 0.2) is 5.12 Å². The fourth-order valence-corrected chi connectivity index (χ4v) is 1.57. The summed E-state index contributed by atoms with van der Waals surface area (Å²) in [6.07, 6.45) is 3.24. The van der Waals surface area contributed by atoms with E-state index in [0.29, 0.717) is 16.9 Å². The number of benzene rings is 1. The van der Waals surface area contributed by atoms with Crippen molar-refractivity contribution in [3.8, 4) is 0 Å². The molecule has 0 heterocycles. The van der Waals surface area contributed by atoms with E-state index < -0.39 is 11.6 Å². The highest BCUT2D eigenvalue weighted by Crippen LogP contribution is 2.16. The van der Waals surface area contributed by atoms with Crippen LogP contribution in [0.3, 0.4) is 0 Å². The Morgan fingerprint density at radius 1 is 1.38 bits per heavy atom. The minimum Gasteiger partial charge on any atom is -0.288 e. The van der Waals surface area contributed by atoms with E-state index in [-0.39, 0.29) is 5.12 Å². The van der Waals surface area contributed by atoms with Crippen LogP contribution >= 0.6 is 11.8 Å². The Bertz CT molecular complexity index is 427. The molecule has 1 rings (SSSR count). The monoisotopic (exact) mass is 242 g/mol. The van der Waals surface area contributed by atoms with Gasteiger partial charge in [0.2, 0.25) is 0 Å². The smallest absolute Gasteiger partial charge is 0.186 e. The first-order chi connectivity index (χ1) is 7.50. The number of rotatable bonds is 3. The molecule has 1 aromatic carbocycles. The van der Waals surface area contributed by atoms with Crippen LogP contribution in [0, 0.1) is 18.6 Å². The number of carbonyl (C=O) groups excluding carboxylic acids is 1. The topological polar surface area (TPSA) is 17.1 Å². The highest BCUT2D eigenvalue weighted by atomic mass is 32.2. The van der Waals surface area contributed by atoms with E-state index in [1.54, 1.807) is 19.1 Å². The standard InChI is InChI=1S/C12H12F2OS/c1-8-6-10(12(14)7-11(8)13)4-3-5-16-9(2)15/h3-4,6-7H,5H2,1-2H3. The Kier molecular flexibility index (Phi) is 4.68. The second kappa shape index (κ2) is 5.80. The zero-order chi connectivity index (χ0) is 12.1. The van der Waals surface area contributed by atoms with Crippen LogP contribution in [0.4, 0.5) is 8.78 Å². The van der Waals surface area contributed by atoms with Crippen LogP contribution < -0.4 is 0 Å². The summed E-state index contributed by atoms with van der Waals surface area (Å²) >= 11 is 1.14. The van der Waals surface area contributed by atoms with Crippen LogP contribution in [-0.4, -0.2) is 10.9 Å². The van der Waals surface area contributed by atoms with Crippen LogP contribution in [0.5, 0.6) is 0 Å². The predicted octanol–water partition coefficient (Wildman–Crippen LogP) is 3.57. The summed E-state index contributed by atoms with van der Waals surface area (Å²) in [5.74, 6) is -0.648. The molecule has 0 bridgehead atoms. The summed E-state index contributed by atoms with van der Waals surface area (Å²) in [5, 5.41) is 0.0143. The van der Waals surface area contributed by atoms with Crippen molar-refractivity contribution >= 4 is 23.0 Å². The molecule has 86 valence electrons. The second-order valence-electron chi connectivity index (χ2n) is 3.33. The molecule has 0 aliphatic heterocycles. The predicted molar refractivity (Wildman–Crippen MR) is 63.3 cm³/mol. The summed E-state index contributed by atoms with van der Waals surface area (Å²) in [7, 11) is 0. The van der Waals surface area contributed by atoms with Gasteiger partial charge in [-0.25, -0.2) is 8.78 Å². The molecule has 0 radical (unpaired) electrons. The molecule has 0 aromatic heterocycles. The Labute approximate surface area is 97.5 Å². The van der Waals surface area contributed by atoms with E-state index in [4.69, 9.17) is 0 Å². The first kappa shape index (κ1) is 12.9. The van der Waals surface area contributed by atoms with E-state index in [9.17, 15) is 13.6 Å². The van der Waals surface area contributed by atoms with Crippen molar-refractivity contribution in [1.29, 1.82) is 0 Å². The number of hydrogen-bond acceptors (Lipinski definition) is 2. The lowest BCUT2D eigenvalue weighted by molar-refractivity contribution is -0.109. The van der Waals surface area contributed by atoms with Crippen molar-refractivity contribution in [2.45, 2.75) is 13.8 Å². The summed E-state index contributed by atoms with van der Waals surface area (Å²) in [4.78, 5) is 10.6. The molecule has 16 heavy (non-hydrogen) atoms. The Balaban J connectivity index is 2.73. The molecule has 0 N–H and O–H groups in total. The molecular formula is C12H12F2OS. The van der Waals surface area contributed by atoms with Crippen LogP contribution in [0.25, 0.3) is 6.08 Å². The van der Waals surface area contributed by atoms with Crippen LogP contribution in [0.1, 0.15) is 18.1 Å². The van der Waals surface area contributed by atoms with Crippen molar-refractivity contribution in [3.05, 3.63) is 41.0 Å². The normalized spacial score (nSPS) is 11.0. The molecule has 0 saturated heterocycles. The summed E-state index contributed by atoms with van der Waals surface area (Å²) in [6.45, 7) is 3.05. The lowest BCUT2D eigenvalue weighted by Gasteiger charge is -2.00. The van der Waals surface area contributed by atoms with Gasteiger partial charge in [-0.3, -0.25) is 4.79 Å². The maximum atomic E-state index is 13.3. The number of thioether (sulfide) groups is 1. The molecular weight excluding hydrogens is 230 g/mol. The van der Waals surface area contributed by atoms with Crippen molar-refractivity contribution in [2.75, 3.05) is 5.75 Å². The molecule has 0 aliphatic carbocycles. The zero-order valence-corrected chi connectivity index (χ0v) is 9.91. The number of aryl methyl sites for hydroxylation is 1. The third kappa shape index (κ3) is 3.77. The van der Waals surface area contributed by atoms with E-state index in [0.717, 1.165) is 17.8 Å². The van der Waals surface area contributed by atoms with Crippen molar-refractivity contribution in [1.82, 2.24) is 0 Å². The van der Waals surface area contributed by atoms with Gasteiger partial charge in [-0.2, -0.15) is 0 Å². The van der Waals surface area contributed by atoms with Gasteiger partial charge in [-0.05, 0) is 18.6 Å². The molecule has 0 spiro atoms. The summed E-state index contributed by atoms with van der Waals surface area (Å²) in [5.41, 5.74) is 0.739. The molecule has 0 amide bonds. The molecule has 0 aliphatic rings. The quantitative estimate of drug-likeness (QED) is 0.806. The number of hydrogen-bond donors (Lipinski definition) is 0. The number of halogens is 2. The van der Waals surface area contributed by atoms with Gasteiger partial charge >= 0.3 is 0 Å². The van der Waals surface area contributed by atoms with Gasteiger partial charge < -0.3 is 0 Å². The Hall–Kier alpha value is -1.16.